The fourth-order valence-corrected chi connectivity index (χ4v) is 3.91. The second-order valence-electron chi connectivity index (χ2n) is 7.63. The maximum atomic E-state index is 12.9. The summed E-state index contributed by atoms with van der Waals surface area (Å²) in [5.74, 6) is -1.47. The number of hydrogen-bond acceptors (Lipinski definition) is 6. The highest BCUT2D eigenvalue weighted by Gasteiger charge is 2.23. The first kappa shape index (κ1) is 21.9. The summed E-state index contributed by atoms with van der Waals surface area (Å²) in [6.07, 6.45) is 0. The highest BCUT2D eigenvalue weighted by atomic mass is 16.5. The first-order valence-corrected chi connectivity index (χ1v) is 10.3. The van der Waals surface area contributed by atoms with Crippen LogP contribution in [-0.4, -0.2) is 38.9 Å². The molecule has 0 spiro atoms. The second kappa shape index (κ2) is 8.66. The van der Waals surface area contributed by atoms with Crippen LogP contribution in [0.4, 0.5) is 0 Å². The number of aromatic nitrogens is 3. The van der Waals surface area contributed by atoms with Crippen LogP contribution in [0.3, 0.4) is 0 Å². The summed E-state index contributed by atoms with van der Waals surface area (Å²) in [5.41, 5.74) is 1.81. The Kier molecular flexibility index (Phi) is 5.74. The molecule has 8 heteroatoms. The van der Waals surface area contributed by atoms with Crippen LogP contribution in [0, 0.1) is 13.8 Å². The summed E-state index contributed by atoms with van der Waals surface area (Å²) in [6.45, 7) is 4.25. The van der Waals surface area contributed by atoms with Crippen LogP contribution in [0.1, 0.15) is 49.5 Å². The smallest absolute Gasteiger partial charge is 0.359 e. The van der Waals surface area contributed by atoms with Crippen molar-refractivity contribution in [2.24, 2.45) is 0 Å². The molecule has 2 aromatic heterocycles. The van der Waals surface area contributed by atoms with Gasteiger partial charge >= 0.3 is 5.97 Å². The molecule has 0 aliphatic heterocycles. The van der Waals surface area contributed by atoms with E-state index >= 15 is 0 Å². The molecule has 0 aliphatic carbocycles. The molecule has 0 saturated heterocycles. The van der Waals surface area contributed by atoms with E-state index in [0.29, 0.717) is 33.3 Å². The van der Waals surface area contributed by atoms with Crippen LogP contribution < -0.4 is 5.56 Å². The number of carbonyl (C=O) groups is 3. The van der Waals surface area contributed by atoms with Crippen LogP contribution >= 0.6 is 0 Å². The number of benzene rings is 2. The zero-order chi connectivity index (χ0) is 23.7. The Hall–Kier alpha value is -4.33. The largest absolute Gasteiger partial charge is 0.452 e. The third kappa shape index (κ3) is 3.98. The Balaban J connectivity index is 1.67. The third-order valence-electron chi connectivity index (χ3n) is 5.40. The Labute approximate surface area is 188 Å². The number of fused-ring (bicyclic) bond motifs is 1. The highest BCUT2D eigenvalue weighted by molar-refractivity contribution is 6.06. The number of carbonyl (C=O) groups excluding carboxylic acids is 3. The van der Waals surface area contributed by atoms with Crippen LogP contribution in [0.2, 0.25) is 0 Å². The number of para-hydroxylation sites is 1. The van der Waals surface area contributed by atoms with Crippen molar-refractivity contribution in [2.45, 2.75) is 20.8 Å². The molecular weight excluding hydrogens is 422 g/mol. The minimum Gasteiger partial charge on any atom is -0.452 e. The zero-order valence-corrected chi connectivity index (χ0v) is 18.3. The summed E-state index contributed by atoms with van der Waals surface area (Å²) in [4.78, 5) is 53.3. The van der Waals surface area contributed by atoms with E-state index in [0.717, 1.165) is 4.68 Å². The van der Waals surface area contributed by atoms with E-state index < -0.39 is 18.4 Å². The Morgan fingerprint density at radius 1 is 0.970 bits per heavy atom. The van der Waals surface area contributed by atoms with E-state index in [1.54, 1.807) is 68.4 Å². The summed E-state index contributed by atoms with van der Waals surface area (Å²) in [7, 11) is 0. The standard InChI is InChI=1S/C25H21N3O5/c1-14-21(16(3)29)15(2)26-22(14)20(30)13-33-25(32)23-18-11-7-8-12-19(18)24(31)28(27-23)17-9-5-4-6-10-17/h4-12,26H,13H2,1-3H3. The van der Waals surface area contributed by atoms with Gasteiger partial charge in [-0.3, -0.25) is 14.4 Å². The molecule has 33 heavy (non-hydrogen) atoms. The summed E-state index contributed by atoms with van der Waals surface area (Å²) >= 11 is 0. The first-order chi connectivity index (χ1) is 15.8. The maximum absolute atomic E-state index is 12.9. The van der Waals surface area contributed by atoms with Gasteiger partial charge in [0.15, 0.2) is 18.1 Å². The predicted molar refractivity (Wildman–Crippen MR) is 122 cm³/mol. The number of Topliss-reactive ketones (excluding diaryl/α,β-unsaturated/α-hetero) is 2. The average Bonchev–Trinajstić information content (AvgIpc) is 3.12. The molecule has 166 valence electrons. The molecule has 0 aliphatic rings. The molecule has 1 N–H and O–H groups in total. The molecule has 2 heterocycles. The Morgan fingerprint density at radius 2 is 1.61 bits per heavy atom. The van der Waals surface area contributed by atoms with Crippen LogP contribution in [0.5, 0.6) is 0 Å². The summed E-state index contributed by atoms with van der Waals surface area (Å²) in [5, 5.41) is 4.88. The lowest BCUT2D eigenvalue weighted by Crippen LogP contribution is -2.26. The van der Waals surface area contributed by atoms with Crippen molar-refractivity contribution >= 4 is 28.3 Å². The molecule has 2 aromatic carbocycles. The molecule has 0 amide bonds. The molecule has 0 radical (unpaired) electrons. The van der Waals surface area contributed by atoms with Gasteiger partial charge in [0.25, 0.3) is 5.56 Å². The molecule has 0 unspecified atom stereocenters. The molecule has 4 aromatic rings. The van der Waals surface area contributed by atoms with E-state index in [1.165, 1.54) is 6.92 Å². The quantitative estimate of drug-likeness (QED) is 0.360. The van der Waals surface area contributed by atoms with E-state index in [-0.39, 0.29) is 22.7 Å². The molecule has 0 atom stereocenters. The SMILES string of the molecule is CC(=O)c1c(C)[nH]c(C(=O)COC(=O)c2nn(-c3ccccc3)c(=O)c3ccccc23)c1C. The first-order valence-electron chi connectivity index (χ1n) is 10.3. The van der Waals surface area contributed by atoms with Crippen molar-refractivity contribution in [1.29, 1.82) is 0 Å². The number of aromatic amines is 1. The lowest BCUT2D eigenvalue weighted by molar-refractivity contribution is 0.0468. The monoisotopic (exact) mass is 443 g/mol. The van der Waals surface area contributed by atoms with Gasteiger partial charge in [0, 0.05) is 16.6 Å². The van der Waals surface area contributed by atoms with Gasteiger partial charge in [0.05, 0.1) is 16.8 Å². The fourth-order valence-electron chi connectivity index (χ4n) is 3.91. The van der Waals surface area contributed by atoms with Gasteiger partial charge in [-0.2, -0.15) is 9.78 Å². The average molecular weight is 443 g/mol. The van der Waals surface area contributed by atoms with Gasteiger partial charge in [-0.15, -0.1) is 0 Å². The number of ether oxygens (including phenoxy) is 1. The van der Waals surface area contributed by atoms with Gasteiger partial charge in [-0.05, 0) is 44.5 Å². The number of aryl methyl sites for hydroxylation is 1. The van der Waals surface area contributed by atoms with Crippen molar-refractivity contribution in [3.63, 3.8) is 0 Å². The third-order valence-corrected chi connectivity index (χ3v) is 5.40. The molecular formula is C25H21N3O5. The number of hydrogen-bond donors (Lipinski definition) is 1. The Bertz CT molecular complexity index is 1460. The normalized spacial score (nSPS) is 10.9. The number of nitrogens with zero attached hydrogens (tertiary/aromatic N) is 2. The number of ketones is 2. The minimum absolute atomic E-state index is 0.0781. The van der Waals surface area contributed by atoms with Crippen molar-refractivity contribution in [2.75, 3.05) is 6.61 Å². The molecule has 0 bridgehead atoms. The summed E-state index contributed by atoms with van der Waals surface area (Å²) < 4.78 is 6.41. The summed E-state index contributed by atoms with van der Waals surface area (Å²) in [6, 6.07) is 15.3. The van der Waals surface area contributed by atoms with Gasteiger partial charge in [-0.25, -0.2) is 4.79 Å². The topological polar surface area (TPSA) is 111 Å². The van der Waals surface area contributed by atoms with E-state index in [9.17, 15) is 19.2 Å². The molecule has 0 saturated carbocycles. The maximum Gasteiger partial charge on any atom is 0.359 e. The van der Waals surface area contributed by atoms with Gasteiger partial charge in [-0.1, -0.05) is 36.4 Å². The Morgan fingerprint density at radius 3 is 2.24 bits per heavy atom. The predicted octanol–water partition coefficient (Wildman–Crippen LogP) is 3.57. The van der Waals surface area contributed by atoms with Gasteiger partial charge in [0.1, 0.15) is 0 Å². The van der Waals surface area contributed by atoms with Crippen molar-refractivity contribution < 1.29 is 19.1 Å². The molecule has 0 fully saturated rings. The number of H-pyrrole nitrogens is 1. The number of esters is 1. The van der Waals surface area contributed by atoms with Crippen LogP contribution in [0.15, 0.2) is 59.4 Å². The highest BCUT2D eigenvalue weighted by Crippen LogP contribution is 2.20. The number of rotatable bonds is 6. The van der Waals surface area contributed by atoms with Gasteiger partial charge in [0.2, 0.25) is 5.78 Å². The zero-order valence-electron chi connectivity index (χ0n) is 18.3. The lowest BCUT2D eigenvalue weighted by atomic mass is 10.1. The van der Waals surface area contributed by atoms with Crippen LogP contribution in [-0.2, 0) is 4.74 Å². The fraction of sp³-hybridized carbons (Fsp3) is 0.160. The van der Waals surface area contributed by atoms with Crippen molar-refractivity contribution in [3.05, 3.63) is 93.2 Å². The van der Waals surface area contributed by atoms with Crippen LogP contribution in [0.25, 0.3) is 16.5 Å². The number of nitrogens with one attached hydrogen (secondary N) is 1. The van der Waals surface area contributed by atoms with Gasteiger partial charge < -0.3 is 9.72 Å². The van der Waals surface area contributed by atoms with E-state index in [1.807, 2.05) is 0 Å². The lowest BCUT2D eigenvalue weighted by Gasteiger charge is -2.11. The molecule has 4 rings (SSSR count). The molecule has 8 nitrogen and oxygen atoms in total. The minimum atomic E-state index is -0.836. The van der Waals surface area contributed by atoms with Crippen molar-refractivity contribution in [1.82, 2.24) is 14.8 Å². The van der Waals surface area contributed by atoms with E-state index in [2.05, 4.69) is 10.1 Å². The second-order valence-corrected chi connectivity index (χ2v) is 7.63. The van der Waals surface area contributed by atoms with E-state index in [4.69, 9.17) is 4.74 Å². The van der Waals surface area contributed by atoms with Crippen molar-refractivity contribution in [3.8, 4) is 5.69 Å².